The molecule has 0 saturated carbocycles. The van der Waals surface area contributed by atoms with Crippen LogP contribution in [0.3, 0.4) is 0 Å². The number of carbonyl (C=O) groups is 2. The van der Waals surface area contributed by atoms with Gasteiger partial charge < -0.3 is 19.7 Å². The fourth-order valence-electron chi connectivity index (χ4n) is 5.12. The van der Waals surface area contributed by atoms with Gasteiger partial charge in [0.2, 0.25) is 5.91 Å². The topological polar surface area (TPSA) is 88.9 Å². The Morgan fingerprint density at radius 3 is 2.69 bits per heavy atom. The normalized spacial score (nSPS) is 17.9. The van der Waals surface area contributed by atoms with Gasteiger partial charge in [0, 0.05) is 50.5 Å². The molecule has 0 spiro atoms. The molecule has 2 amide bonds. The van der Waals surface area contributed by atoms with Crippen LogP contribution in [-0.4, -0.2) is 84.4 Å². The number of aromatic nitrogens is 2. The first kappa shape index (κ1) is 25.2. The van der Waals surface area contributed by atoms with Crippen LogP contribution in [0.1, 0.15) is 47.1 Å². The van der Waals surface area contributed by atoms with Gasteiger partial charge in [-0.3, -0.25) is 19.2 Å². The van der Waals surface area contributed by atoms with Crippen molar-refractivity contribution < 1.29 is 19.1 Å². The SMILES string of the molecule is CCN1CCCC1CNC(=O)c1nn(CCOC)c2c1CN(C(=O)Cc1ccc(OC)cc1)CC2. The standard InChI is InChI=1S/C26H37N5O4/c1-4-29-12-5-6-20(29)17-27-26(33)25-22-18-30(13-11-23(22)31(28-25)14-15-34-2)24(32)16-19-7-9-21(35-3)10-8-19/h7-10,20H,4-6,11-18H2,1-3H3,(H,27,33). The van der Waals surface area contributed by atoms with Gasteiger partial charge in [-0.1, -0.05) is 19.1 Å². The largest absolute Gasteiger partial charge is 0.497 e. The zero-order valence-electron chi connectivity index (χ0n) is 21.1. The Hall–Kier alpha value is -2.91. The lowest BCUT2D eigenvalue weighted by Gasteiger charge is -2.28. The molecule has 9 heteroatoms. The number of likely N-dealkylation sites (N-methyl/N-ethyl adjacent to an activating group) is 1. The van der Waals surface area contributed by atoms with E-state index in [2.05, 4.69) is 22.2 Å². The molecule has 2 aliphatic heterocycles. The van der Waals surface area contributed by atoms with E-state index >= 15 is 0 Å². The van der Waals surface area contributed by atoms with Crippen molar-refractivity contribution in [3.8, 4) is 5.75 Å². The molecule has 35 heavy (non-hydrogen) atoms. The number of ether oxygens (including phenoxy) is 2. The zero-order chi connectivity index (χ0) is 24.8. The second-order valence-electron chi connectivity index (χ2n) is 9.21. The maximum atomic E-state index is 13.2. The molecule has 0 aliphatic carbocycles. The Balaban J connectivity index is 1.47. The molecule has 2 aromatic rings. The number of nitrogens with zero attached hydrogens (tertiary/aromatic N) is 4. The summed E-state index contributed by atoms with van der Waals surface area (Å²) in [5.41, 5.74) is 3.25. The summed E-state index contributed by atoms with van der Waals surface area (Å²) in [5.74, 6) is 0.647. The molecular weight excluding hydrogens is 446 g/mol. The monoisotopic (exact) mass is 483 g/mol. The second-order valence-corrected chi connectivity index (χ2v) is 9.21. The Kier molecular flexibility index (Phi) is 8.41. The van der Waals surface area contributed by atoms with E-state index in [4.69, 9.17) is 9.47 Å². The second kappa shape index (κ2) is 11.7. The van der Waals surface area contributed by atoms with Gasteiger partial charge >= 0.3 is 0 Å². The van der Waals surface area contributed by atoms with Crippen LogP contribution in [-0.2, 0) is 35.5 Å². The van der Waals surface area contributed by atoms with Crippen LogP contribution < -0.4 is 10.1 Å². The highest BCUT2D eigenvalue weighted by molar-refractivity contribution is 5.94. The number of nitrogens with one attached hydrogen (secondary N) is 1. The average molecular weight is 484 g/mol. The van der Waals surface area contributed by atoms with Crippen LogP contribution in [0.15, 0.2) is 24.3 Å². The number of methoxy groups -OCH3 is 2. The summed E-state index contributed by atoms with van der Waals surface area (Å²) in [6, 6.07) is 7.93. The summed E-state index contributed by atoms with van der Waals surface area (Å²) in [4.78, 5) is 30.6. The van der Waals surface area contributed by atoms with Crippen LogP contribution in [0.2, 0.25) is 0 Å². The summed E-state index contributed by atoms with van der Waals surface area (Å²) in [5, 5.41) is 7.79. The van der Waals surface area contributed by atoms with Crippen LogP contribution in [0.4, 0.5) is 0 Å². The molecule has 4 rings (SSSR count). The van der Waals surface area contributed by atoms with Gasteiger partial charge in [-0.05, 0) is 43.6 Å². The molecule has 0 radical (unpaired) electrons. The van der Waals surface area contributed by atoms with E-state index in [1.165, 1.54) is 6.42 Å². The summed E-state index contributed by atoms with van der Waals surface area (Å²) < 4.78 is 12.3. The number of fused-ring (bicyclic) bond motifs is 1. The molecule has 1 atom stereocenters. The first-order valence-corrected chi connectivity index (χ1v) is 12.5. The molecular formula is C26H37N5O4. The van der Waals surface area contributed by atoms with Gasteiger partial charge in [0.1, 0.15) is 5.75 Å². The van der Waals surface area contributed by atoms with E-state index in [0.29, 0.717) is 57.4 Å². The highest BCUT2D eigenvalue weighted by atomic mass is 16.5. The molecule has 1 aromatic heterocycles. The van der Waals surface area contributed by atoms with E-state index in [9.17, 15) is 9.59 Å². The van der Waals surface area contributed by atoms with E-state index in [0.717, 1.165) is 42.1 Å². The lowest BCUT2D eigenvalue weighted by Crippen LogP contribution is -2.41. The lowest BCUT2D eigenvalue weighted by atomic mass is 10.0. The zero-order valence-corrected chi connectivity index (χ0v) is 21.1. The van der Waals surface area contributed by atoms with E-state index in [-0.39, 0.29) is 11.8 Å². The highest BCUT2D eigenvalue weighted by Crippen LogP contribution is 2.24. The molecule has 1 aromatic carbocycles. The van der Waals surface area contributed by atoms with Crippen molar-refractivity contribution in [1.29, 1.82) is 0 Å². The van der Waals surface area contributed by atoms with Crippen molar-refractivity contribution in [3.63, 3.8) is 0 Å². The van der Waals surface area contributed by atoms with Gasteiger partial charge in [-0.15, -0.1) is 0 Å². The molecule has 1 unspecified atom stereocenters. The van der Waals surface area contributed by atoms with Gasteiger partial charge in [0.05, 0.1) is 26.7 Å². The Morgan fingerprint density at radius 2 is 1.97 bits per heavy atom. The first-order chi connectivity index (χ1) is 17.0. The van der Waals surface area contributed by atoms with Crippen molar-refractivity contribution in [1.82, 2.24) is 24.9 Å². The molecule has 3 heterocycles. The highest BCUT2D eigenvalue weighted by Gasteiger charge is 2.31. The van der Waals surface area contributed by atoms with Gasteiger partial charge in [0.25, 0.3) is 5.91 Å². The fraction of sp³-hybridized carbons (Fsp3) is 0.577. The van der Waals surface area contributed by atoms with Crippen LogP contribution in [0, 0.1) is 0 Å². The maximum absolute atomic E-state index is 13.2. The van der Waals surface area contributed by atoms with Crippen molar-refractivity contribution in [3.05, 3.63) is 46.8 Å². The molecule has 1 saturated heterocycles. The van der Waals surface area contributed by atoms with Crippen molar-refractivity contribution >= 4 is 11.8 Å². The third-order valence-corrected chi connectivity index (χ3v) is 7.13. The number of amides is 2. The molecule has 0 bridgehead atoms. The molecule has 9 nitrogen and oxygen atoms in total. The van der Waals surface area contributed by atoms with Gasteiger partial charge in [0.15, 0.2) is 5.69 Å². The van der Waals surface area contributed by atoms with Gasteiger partial charge in [-0.2, -0.15) is 5.10 Å². The average Bonchev–Trinajstić information content (AvgIpc) is 3.50. The quantitative estimate of drug-likeness (QED) is 0.555. The molecule has 190 valence electrons. The summed E-state index contributed by atoms with van der Waals surface area (Å²) >= 11 is 0. The lowest BCUT2D eigenvalue weighted by molar-refractivity contribution is -0.131. The van der Waals surface area contributed by atoms with Crippen molar-refractivity contribution in [2.45, 2.75) is 51.7 Å². The van der Waals surface area contributed by atoms with Crippen LogP contribution >= 0.6 is 0 Å². The smallest absolute Gasteiger partial charge is 0.272 e. The molecule has 1 N–H and O–H groups in total. The third-order valence-electron chi connectivity index (χ3n) is 7.13. The van der Waals surface area contributed by atoms with Gasteiger partial charge in [-0.25, -0.2) is 0 Å². The van der Waals surface area contributed by atoms with E-state index < -0.39 is 0 Å². The Bertz CT molecular complexity index is 1020. The summed E-state index contributed by atoms with van der Waals surface area (Å²) in [6.45, 7) is 6.95. The summed E-state index contributed by atoms with van der Waals surface area (Å²) in [6.07, 6.45) is 3.25. The fourth-order valence-corrected chi connectivity index (χ4v) is 5.12. The first-order valence-electron chi connectivity index (χ1n) is 12.5. The number of likely N-dealkylation sites (tertiary alicyclic amines) is 1. The van der Waals surface area contributed by atoms with Crippen molar-refractivity contribution in [2.24, 2.45) is 0 Å². The summed E-state index contributed by atoms with van der Waals surface area (Å²) in [7, 11) is 3.28. The number of hydrogen-bond acceptors (Lipinski definition) is 6. The van der Waals surface area contributed by atoms with Crippen LogP contribution in [0.5, 0.6) is 5.75 Å². The maximum Gasteiger partial charge on any atom is 0.272 e. The minimum atomic E-state index is -0.162. The molecule has 1 fully saturated rings. The van der Waals surface area contributed by atoms with E-state index in [1.54, 1.807) is 14.2 Å². The Morgan fingerprint density at radius 1 is 1.17 bits per heavy atom. The third kappa shape index (κ3) is 5.85. The van der Waals surface area contributed by atoms with E-state index in [1.807, 2.05) is 33.8 Å². The van der Waals surface area contributed by atoms with Crippen LogP contribution in [0.25, 0.3) is 0 Å². The minimum absolute atomic E-state index is 0.0429. The number of rotatable bonds is 10. The number of carbonyl (C=O) groups excluding carboxylic acids is 2. The minimum Gasteiger partial charge on any atom is -0.497 e. The number of hydrogen-bond donors (Lipinski definition) is 1. The predicted octanol–water partition coefficient (Wildman–Crippen LogP) is 1.88. The Labute approximate surface area is 207 Å². The predicted molar refractivity (Wildman–Crippen MR) is 133 cm³/mol. The molecule has 2 aliphatic rings. The number of benzene rings is 1. The van der Waals surface area contributed by atoms with Crippen molar-refractivity contribution in [2.75, 3.05) is 47.0 Å².